The number of benzene rings is 1. The van der Waals surface area contributed by atoms with Crippen molar-refractivity contribution in [2.45, 2.75) is 25.2 Å². The summed E-state index contributed by atoms with van der Waals surface area (Å²) in [5.41, 5.74) is 0.932. The Morgan fingerprint density at radius 2 is 1.96 bits per heavy atom. The summed E-state index contributed by atoms with van der Waals surface area (Å²) in [6.45, 7) is 0.0655. The summed E-state index contributed by atoms with van der Waals surface area (Å²) >= 11 is 0. The number of piperidine rings is 1. The van der Waals surface area contributed by atoms with Crippen LogP contribution in [-0.4, -0.2) is 57.8 Å². The number of amides is 1. The van der Waals surface area contributed by atoms with Crippen molar-refractivity contribution in [2.75, 3.05) is 41.0 Å². The molecule has 7 heteroatoms. The van der Waals surface area contributed by atoms with E-state index in [1.807, 2.05) is 12.1 Å². The molecule has 1 aromatic rings. The highest BCUT2D eigenvalue weighted by Gasteiger charge is 2.44. The van der Waals surface area contributed by atoms with Crippen molar-refractivity contribution in [1.29, 1.82) is 0 Å². The zero-order valence-electron chi connectivity index (χ0n) is 14.9. The molecule has 1 heterocycles. The molecule has 1 amide bonds. The summed E-state index contributed by atoms with van der Waals surface area (Å²) < 4.78 is 43.0. The van der Waals surface area contributed by atoms with Gasteiger partial charge in [0.05, 0.1) is 26.7 Å². The number of aryl methyl sites for hydroxylation is 1. The number of hydrogen-bond acceptors (Lipinski definition) is 4. The quantitative estimate of drug-likeness (QED) is 0.753. The molecule has 1 atom stereocenters. The predicted octanol–water partition coefficient (Wildman–Crippen LogP) is 2.77. The second kappa shape index (κ2) is 8.47. The average Bonchev–Trinajstić information content (AvgIpc) is 2.61. The third-order valence-electron chi connectivity index (χ3n) is 4.55. The van der Waals surface area contributed by atoms with Gasteiger partial charge in [-0.25, -0.2) is 8.78 Å². The molecular weight excluding hydrogens is 332 g/mol. The van der Waals surface area contributed by atoms with E-state index in [4.69, 9.17) is 14.2 Å². The van der Waals surface area contributed by atoms with Gasteiger partial charge < -0.3 is 19.1 Å². The van der Waals surface area contributed by atoms with Crippen molar-refractivity contribution in [3.8, 4) is 11.5 Å². The number of ether oxygens (including phenoxy) is 3. The van der Waals surface area contributed by atoms with Gasteiger partial charge in [-0.3, -0.25) is 4.79 Å². The van der Waals surface area contributed by atoms with Crippen molar-refractivity contribution >= 4 is 5.91 Å². The molecular formula is C18H25F2NO4. The minimum Gasteiger partial charge on any atom is -0.493 e. The molecule has 2 rings (SSSR count). The highest BCUT2D eigenvalue weighted by molar-refractivity contribution is 5.76. The van der Waals surface area contributed by atoms with E-state index in [-0.39, 0.29) is 38.4 Å². The second-order valence-corrected chi connectivity index (χ2v) is 6.19. The van der Waals surface area contributed by atoms with Crippen LogP contribution in [0.15, 0.2) is 18.2 Å². The van der Waals surface area contributed by atoms with Crippen LogP contribution >= 0.6 is 0 Å². The topological polar surface area (TPSA) is 48.0 Å². The monoisotopic (exact) mass is 357 g/mol. The zero-order valence-corrected chi connectivity index (χ0v) is 14.9. The van der Waals surface area contributed by atoms with Crippen molar-refractivity contribution in [2.24, 2.45) is 5.92 Å². The minimum absolute atomic E-state index is 0.0333. The van der Waals surface area contributed by atoms with E-state index in [0.717, 1.165) is 5.56 Å². The number of carbonyl (C=O) groups excluding carboxylic acids is 1. The molecule has 0 spiro atoms. The first-order chi connectivity index (χ1) is 11.9. The zero-order chi connectivity index (χ0) is 18.4. The number of carbonyl (C=O) groups is 1. The second-order valence-electron chi connectivity index (χ2n) is 6.19. The molecule has 1 aliphatic heterocycles. The largest absolute Gasteiger partial charge is 0.493 e. The van der Waals surface area contributed by atoms with Crippen LogP contribution in [-0.2, 0) is 16.0 Å². The van der Waals surface area contributed by atoms with Gasteiger partial charge in [0.25, 0.3) is 5.92 Å². The van der Waals surface area contributed by atoms with Crippen LogP contribution in [0, 0.1) is 5.92 Å². The fourth-order valence-electron chi connectivity index (χ4n) is 3.03. The highest BCUT2D eigenvalue weighted by atomic mass is 19.3. The van der Waals surface area contributed by atoms with Crippen LogP contribution < -0.4 is 9.47 Å². The molecule has 5 nitrogen and oxygen atoms in total. The van der Waals surface area contributed by atoms with E-state index >= 15 is 0 Å². The number of methoxy groups -OCH3 is 3. The maximum absolute atomic E-state index is 13.9. The number of likely N-dealkylation sites (tertiary alicyclic amines) is 1. The van der Waals surface area contributed by atoms with Gasteiger partial charge in [0.1, 0.15) is 0 Å². The molecule has 1 saturated heterocycles. The Hall–Kier alpha value is -1.89. The first kappa shape index (κ1) is 19.4. The Kier molecular flexibility index (Phi) is 6.58. The fraction of sp³-hybridized carbons (Fsp3) is 0.611. The van der Waals surface area contributed by atoms with Gasteiger partial charge in [-0.1, -0.05) is 6.07 Å². The number of halogens is 2. The van der Waals surface area contributed by atoms with Crippen molar-refractivity contribution < 1.29 is 27.8 Å². The number of rotatable bonds is 7. The Bertz CT molecular complexity index is 594. The lowest BCUT2D eigenvalue weighted by molar-refractivity contribution is -0.150. The standard InChI is InChI=1S/C18H25F2NO4/c1-23-12-14-11-21(9-8-18(14,19)20)17(22)7-5-13-4-6-15(24-2)16(10-13)25-3/h4,6,10,14H,5,7-9,11-12H2,1-3H3. The number of alkyl halides is 2. The Morgan fingerprint density at radius 3 is 2.60 bits per heavy atom. The van der Waals surface area contributed by atoms with E-state index in [9.17, 15) is 13.6 Å². The van der Waals surface area contributed by atoms with Crippen LogP contribution in [0.25, 0.3) is 0 Å². The minimum atomic E-state index is -2.78. The van der Waals surface area contributed by atoms with Gasteiger partial charge in [0.2, 0.25) is 5.91 Å². The Morgan fingerprint density at radius 1 is 1.24 bits per heavy atom. The molecule has 1 aromatic carbocycles. The van der Waals surface area contributed by atoms with Gasteiger partial charge >= 0.3 is 0 Å². The molecule has 0 bridgehead atoms. The van der Waals surface area contributed by atoms with Gasteiger partial charge in [0, 0.05) is 33.0 Å². The van der Waals surface area contributed by atoms with Crippen LogP contribution in [0.3, 0.4) is 0 Å². The summed E-state index contributed by atoms with van der Waals surface area (Å²) in [5.74, 6) is -2.62. The summed E-state index contributed by atoms with van der Waals surface area (Å²) in [6.07, 6.45) is 0.463. The van der Waals surface area contributed by atoms with Gasteiger partial charge in [-0.2, -0.15) is 0 Å². The molecule has 0 radical (unpaired) electrons. The molecule has 0 N–H and O–H groups in total. The van der Waals surface area contributed by atoms with E-state index in [0.29, 0.717) is 17.9 Å². The molecule has 1 unspecified atom stereocenters. The van der Waals surface area contributed by atoms with Crippen LogP contribution in [0.5, 0.6) is 11.5 Å². The third kappa shape index (κ3) is 4.81. The molecule has 1 fully saturated rings. The normalized spacial score (nSPS) is 19.6. The fourth-order valence-corrected chi connectivity index (χ4v) is 3.03. The number of nitrogens with zero attached hydrogens (tertiary/aromatic N) is 1. The molecule has 25 heavy (non-hydrogen) atoms. The number of hydrogen-bond donors (Lipinski definition) is 0. The van der Waals surface area contributed by atoms with E-state index in [1.165, 1.54) is 12.0 Å². The lowest BCUT2D eigenvalue weighted by atomic mass is 9.94. The summed E-state index contributed by atoms with van der Waals surface area (Å²) in [6, 6.07) is 5.48. The smallest absolute Gasteiger partial charge is 0.256 e. The molecule has 140 valence electrons. The van der Waals surface area contributed by atoms with E-state index < -0.39 is 11.8 Å². The first-order valence-corrected chi connectivity index (χ1v) is 8.26. The first-order valence-electron chi connectivity index (χ1n) is 8.26. The molecule has 0 aromatic heterocycles. The maximum atomic E-state index is 13.9. The summed E-state index contributed by atoms with van der Waals surface area (Å²) in [7, 11) is 4.51. The van der Waals surface area contributed by atoms with E-state index in [2.05, 4.69) is 0 Å². The highest BCUT2D eigenvalue weighted by Crippen LogP contribution is 2.34. The van der Waals surface area contributed by atoms with Gasteiger partial charge in [-0.15, -0.1) is 0 Å². The molecule has 0 aliphatic carbocycles. The van der Waals surface area contributed by atoms with Crippen molar-refractivity contribution in [3.05, 3.63) is 23.8 Å². The molecule has 0 saturated carbocycles. The van der Waals surface area contributed by atoms with Crippen LogP contribution in [0.2, 0.25) is 0 Å². The Balaban J connectivity index is 1.94. The summed E-state index contributed by atoms with van der Waals surface area (Å²) in [4.78, 5) is 13.9. The van der Waals surface area contributed by atoms with Crippen LogP contribution in [0.4, 0.5) is 8.78 Å². The maximum Gasteiger partial charge on any atom is 0.256 e. The van der Waals surface area contributed by atoms with Crippen LogP contribution in [0.1, 0.15) is 18.4 Å². The average molecular weight is 357 g/mol. The van der Waals surface area contributed by atoms with Gasteiger partial charge in [-0.05, 0) is 24.1 Å². The van der Waals surface area contributed by atoms with Crippen molar-refractivity contribution in [3.63, 3.8) is 0 Å². The van der Waals surface area contributed by atoms with Crippen molar-refractivity contribution in [1.82, 2.24) is 4.90 Å². The van der Waals surface area contributed by atoms with Gasteiger partial charge in [0.15, 0.2) is 11.5 Å². The lowest BCUT2D eigenvalue weighted by Gasteiger charge is -2.38. The summed E-state index contributed by atoms with van der Waals surface area (Å²) in [5, 5.41) is 0. The lowest BCUT2D eigenvalue weighted by Crippen LogP contribution is -2.50. The van der Waals surface area contributed by atoms with E-state index in [1.54, 1.807) is 20.3 Å². The Labute approximate surface area is 146 Å². The predicted molar refractivity (Wildman–Crippen MR) is 89.4 cm³/mol. The SMILES string of the molecule is COCC1CN(C(=O)CCc2ccc(OC)c(OC)c2)CCC1(F)F. The molecule has 1 aliphatic rings. The third-order valence-corrected chi connectivity index (χ3v) is 4.55.